The van der Waals surface area contributed by atoms with Crippen molar-refractivity contribution in [2.24, 2.45) is 0 Å². The van der Waals surface area contributed by atoms with Gasteiger partial charge in [-0.2, -0.15) is 17.5 Å². The number of sulfonamides is 1. The van der Waals surface area contributed by atoms with Gasteiger partial charge >= 0.3 is 6.18 Å². The van der Waals surface area contributed by atoms with E-state index in [1.165, 1.54) is 4.31 Å². The van der Waals surface area contributed by atoms with Gasteiger partial charge in [0, 0.05) is 23.9 Å². The highest BCUT2D eigenvalue weighted by Crippen LogP contribution is 2.36. The Morgan fingerprint density at radius 2 is 1.75 bits per heavy atom. The highest BCUT2D eigenvalue weighted by molar-refractivity contribution is 7.89. The Morgan fingerprint density at radius 1 is 1.11 bits per heavy atom. The molecular formula is C19H24F3N3O2S. The average Bonchev–Trinajstić information content (AvgIpc) is 3.11. The van der Waals surface area contributed by atoms with E-state index in [1.807, 2.05) is 20.8 Å². The molecule has 2 aromatic rings. The second kappa shape index (κ2) is 7.18. The molecule has 1 N–H and O–H groups in total. The number of halogens is 3. The summed E-state index contributed by atoms with van der Waals surface area (Å²) >= 11 is 0. The minimum Gasteiger partial charge on any atom is -0.344 e. The van der Waals surface area contributed by atoms with Gasteiger partial charge in [-0.3, -0.25) is 0 Å². The van der Waals surface area contributed by atoms with Crippen molar-refractivity contribution >= 4 is 10.0 Å². The van der Waals surface area contributed by atoms with E-state index in [0.29, 0.717) is 25.2 Å². The number of hydrogen-bond acceptors (Lipinski definition) is 3. The summed E-state index contributed by atoms with van der Waals surface area (Å²) in [5.74, 6) is 0.570. The number of benzene rings is 1. The lowest BCUT2D eigenvalue weighted by molar-refractivity contribution is -0.137. The molecule has 5 nitrogen and oxygen atoms in total. The van der Waals surface area contributed by atoms with Crippen molar-refractivity contribution in [1.29, 1.82) is 0 Å². The third kappa shape index (κ3) is 4.10. The van der Waals surface area contributed by atoms with Crippen LogP contribution in [0.1, 0.15) is 63.2 Å². The SMILES string of the molecule is CC(C)(C)c1cnc([C@@H]2CCCCN2S(=O)(=O)c2ccc(C(F)(F)F)cc2)[nH]1. The predicted molar refractivity (Wildman–Crippen MR) is 99.2 cm³/mol. The van der Waals surface area contributed by atoms with Gasteiger partial charge < -0.3 is 4.98 Å². The fourth-order valence-electron chi connectivity index (χ4n) is 3.30. The minimum absolute atomic E-state index is 0.144. The monoisotopic (exact) mass is 415 g/mol. The molecule has 1 aromatic carbocycles. The summed E-state index contributed by atoms with van der Waals surface area (Å²) in [6.45, 7) is 6.39. The molecule has 1 aliphatic rings. The molecule has 3 rings (SSSR count). The Kier molecular flexibility index (Phi) is 5.35. The zero-order valence-electron chi connectivity index (χ0n) is 16.0. The third-order valence-electron chi connectivity index (χ3n) is 4.96. The van der Waals surface area contributed by atoms with Gasteiger partial charge in [0.1, 0.15) is 5.82 Å². The number of hydrogen-bond donors (Lipinski definition) is 1. The molecule has 0 unspecified atom stereocenters. The molecule has 1 saturated heterocycles. The average molecular weight is 415 g/mol. The summed E-state index contributed by atoms with van der Waals surface area (Å²) in [5, 5.41) is 0. The van der Waals surface area contributed by atoms with Gasteiger partial charge in [-0.1, -0.05) is 27.2 Å². The Hall–Kier alpha value is -1.87. The van der Waals surface area contributed by atoms with Crippen LogP contribution >= 0.6 is 0 Å². The van der Waals surface area contributed by atoms with E-state index >= 15 is 0 Å². The van der Waals surface area contributed by atoms with Crippen LogP contribution in [0.4, 0.5) is 13.2 Å². The van der Waals surface area contributed by atoms with Gasteiger partial charge in [-0.05, 0) is 37.1 Å². The largest absolute Gasteiger partial charge is 0.416 e. The van der Waals surface area contributed by atoms with Crippen molar-refractivity contribution in [2.75, 3.05) is 6.54 Å². The molecule has 9 heteroatoms. The number of imidazole rings is 1. The van der Waals surface area contributed by atoms with Gasteiger partial charge in [0.15, 0.2) is 0 Å². The topological polar surface area (TPSA) is 66.1 Å². The van der Waals surface area contributed by atoms with Gasteiger partial charge in [0.25, 0.3) is 0 Å². The summed E-state index contributed by atoms with van der Waals surface area (Å²) in [6, 6.07) is 3.18. The summed E-state index contributed by atoms with van der Waals surface area (Å²) < 4.78 is 66.0. The first kappa shape index (κ1) is 20.9. The van der Waals surface area contributed by atoms with E-state index in [1.54, 1.807) is 6.20 Å². The first-order chi connectivity index (χ1) is 12.9. The number of aromatic amines is 1. The van der Waals surface area contributed by atoms with Crippen LogP contribution in [0, 0.1) is 0 Å². The molecule has 0 aliphatic carbocycles. The van der Waals surface area contributed by atoms with Crippen LogP contribution < -0.4 is 0 Å². The van der Waals surface area contributed by atoms with Crippen LogP contribution in [0.25, 0.3) is 0 Å². The van der Waals surface area contributed by atoms with Crippen LogP contribution in [-0.2, 0) is 21.6 Å². The number of piperidine rings is 1. The van der Waals surface area contributed by atoms with Gasteiger partial charge in [-0.25, -0.2) is 13.4 Å². The summed E-state index contributed by atoms with van der Waals surface area (Å²) in [5.41, 5.74) is -0.126. The molecule has 0 radical (unpaired) electrons. The number of nitrogens with one attached hydrogen (secondary N) is 1. The quantitative estimate of drug-likeness (QED) is 0.794. The second-order valence-electron chi connectivity index (χ2n) is 8.08. The number of aromatic nitrogens is 2. The predicted octanol–water partition coefficient (Wildman–Crippen LogP) is 4.64. The van der Waals surface area contributed by atoms with Crippen LogP contribution in [0.5, 0.6) is 0 Å². The van der Waals surface area contributed by atoms with Crippen molar-refractivity contribution in [3.8, 4) is 0 Å². The maximum Gasteiger partial charge on any atom is 0.416 e. The summed E-state index contributed by atoms with van der Waals surface area (Å²) in [7, 11) is -3.94. The molecular weight excluding hydrogens is 391 g/mol. The zero-order chi connectivity index (χ0) is 20.7. The minimum atomic E-state index is -4.51. The fraction of sp³-hybridized carbons (Fsp3) is 0.526. The summed E-state index contributed by atoms with van der Waals surface area (Å²) in [6.07, 6.45) is -0.629. The maximum absolute atomic E-state index is 13.1. The summed E-state index contributed by atoms with van der Waals surface area (Å²) in [4.78, 5) is 7.50. The van der Waals surface area contributed by atoms with Gasteiger partial charge in [0.2, 0.25) is 10.0 Å². The highest BCUT2D eigenvalue weighted by atomic mass is 32.2. The van der Waals surface area contributed by atoms with Crippen molar-refractivity contribution in [1.82, 2.24) is 14.3 Å². The molecule has 0 saturated carbocycles. The number of alkyl halides is 3. The van der Waals surface area contributed by atoms with Gasteiger partial charge in [0.05, 0.1) is 16.5 Å². The van der Waals surface area contributed by atoms with Crippen LogP contribution in [0.2, 0.25) is 0 Å². The Morgan fingerprint density at radius 3 is 2.29 bits per heavy atom. The molecule has 1 aliphatic heterocycles. The first-order valence-electron chi connectivity index (χ1n) is 9.15. The molecule has 154 valence electrons. The van der Waals surface area contributed by atoms with E-state index in [9.17, 15) is 21.6 Å². The molecule has 1 fully saturated rings. The van der Waals surface area contributed by atoms with E-state index in [2.05, 4.69) is 9.97 Å². The van der Waals surface area contributed by atoms with E-state index in [-0.39, 0.29) is 10.3 Å². The fourth-order valence-corrected chi connectivity index (χ4v) is 4.96. The lowest BCUT2D eigenvalue weighted by atomic mass is 9.93. The number of rotatable bonds is 3. The van der Waals surface area contributed by atoms with E-state index < -0.39 is 27.8 Å². The normalized spacial score (nSPS) is 19.7. The molecule has 0 amide bonds. The highest BCUT2D eigenvalue weighted by Gasteiger charge is 2.37. The van der Waals surface area contributed by atoms with E-state index in [4.69, 9.17) is 0 Å². The Bertz CT molecular complexity index is 929. The smallest absolute Gasteiger partial charge is 0.344 e. The lowest BCUT2D eigenvalue weighted by Crippen LogP contribution is -2.39. The van der Waals surface area contributed by atoms with E-state index in [0.717, 1.165) is 36.4 Å². The molecule has 0 spiro atoms. The second-order valence-corrected chi connectivity index (χ2v) is 9.97. The molecule has 2 heterocycles. The standard InChI is InChI=1S/C19H24F3N3O2S/c1-18(2,3)16-12-23-17(24-16)15-6-4-5-11-25(15)28(26,27)14-9-7-13(8-10-14)19(20,21)22/h7-10,12,15H,4-6,11H2,1-3H3,(H,23,24)/t15-/m0/s1. The number of nitrogens with zero attached hydrogens (tertiary/aromatic N) is 2. The zero-order valence-corrected chi connectivity index (χ0v) is 16.9. The number of H-pyrrole nitrogens is 1. The van der Waals surface area contributed by atoms with Crippen LogP contribution in [-0.4, -0.2) is 29.2 Å². The van der Waals surface area contributed by atoms with Crippen LogP contribution in [0.3, 0.4) is 0 Å². The van der Waals surface area contributed by atoms with Gasteiger partial charge in [-0.15, -0.1) is 0 Å². The van der Waals surface area contributed by atoms with Crippen molar-refractivity contribution in [3.63, 3.8) is 0 Å². The van der Waals surface area contributed by atoms with Crippen molar-refractivity contribution in [3.05, 3.63) is 47.5 Å². The maximum atomic E-state index is 13.1. The van der Waals surface area contributed by atoms with Crippen molar-refractivity contribution < 1.29 is 21.6 Å². The lowest BCUT2D eigenvalue weighted by Gasteiger charge is -2.33. The molecule has 0 bridgehead atoms. The molecule has 1 aromatic heterocycles. The van der Waals surface area contributed by atoms with Crippen molar-refractivity contribution in [2.45, 2.75) is 62.6 Å². The Balaban J connectivity index is 1.93. The third-order valence-corrected chi connectivity index (χ3v) is 6.88. The van der Waals surface area contributed by atoms with Crippen LogP contribution in [0.15, 0.2) is 35.4 Å². The first-order valence-corrected chi connectivity index (χ1v) is 10.6. The Labute approximate surface area is 163 Å². The molecule has 1 atom stereocenters. The molecule has 28 heavy (non-hydrogen) atoms.